The van der Waals surface area contributed by atoms with E-state index in [1.165, 1.54) is 11.1 Å². The molecule has 0 fully saturated rings. The van der Waals surface area contributed by atoms with Gasteiger partial charge >= 0.3 is 0 Å². The lowest BCUT2D eigenvalue weighted by Gasteiger charge is -2.05. The number of fused-ring (bicyclic) bond motifs is 1. The number of hydrogen-bond acceptors (Lipinski definition) is 2. The molecule has 0 aromatic carbocycles. The van der Waals surface area contributed by atoms with Crippen LogP contribution in [0, 0.1) is 6.92 Å². The Morgan fingerprint density at radius 3 is 3.00 bits per heavy atom. The second-order valence-electron chi connectivity index (χ2n) is 3.84. The molecule has 2 heterocycles. The van der Waals surface area contributed by atoms with Crippen molar-refractivity contribution in [3.63, 3.8) is 0 Å². The average molecular weight is 189 g/mol. The van der Waals surface area contributed by atoms with Gasteiger partial charge in [-0.15, -0.1) is 0 Å². The molecule has 0 aliphatic rings. The Bertz CT molecular complexity index is 443. The first kappa shape index (κ1) is 9.21. The fourth-order valence-corrected chi connectivity index (χ4v) is 1.67. The third kappa shape index (κ3) is 1.63. The van der Waals surface area contributed by atoms with Crippen molar-refractivity contribution in [3.8, 4) is 0 Å². The minimum Gasteiger partial charge on any atom is -0.328 e. The highest BCUT2D eigenvalue weighted by Crippen LogP contribution is 2.11. The molecule has 3 heteroatoms. The van der Waals surface area contributed by atoms with Gasteiger partial charge in [-0.1, -0.05) is 6.07 Å². The second kappa shape index (κ2) is 3.42. The van der Waals surface area contributed by atoms with Gasteiger partial charge in [-0.2, -0.15) is 0 Å². The van der Waals surface area contributed by atoms with Crippen LogP contribution in [-0.4, -0.2) is 15.4 Å². The Morgan fingerprint density at radius 2 is 2.29 bits per heavy atom. The van der Waals surface area contributed by atoms with Crippen molar-refractivity contribution in [2.75, 3.05) is 0 Å². The van der Waals surface area contributed by atoms with E-state index in [0.29, 0.717) is 0 Å². The number of aromatic nitrogens is 2. The molecular formula is C11H15N3. The SMILES string of the molecule is Cc1ncn2cc(CC(C)N)ccc12. The standard InChI is InChI=1S/C11H15N3/c1-8(12)5-10-3-4-11-9(2)13-7-14(11)6-10/h3-4,6-8H,5,12H2,1-2H3. The molecule has 0 amide bonds. The number of imidazole rings is 1. The van der Waals surface area contributed by atoms with Crippen LogP contribution in [0.25, 0.3) is 5.52 Å². The normalized spacial score (nSPS) is 13.4. The lowest BCUT2D eigenvalue weighted by molar-refractivity contribution is 0.734. The summed E-state index contributed by atoms with van der Waals surface area (Å²) in [5, 5.41) is 0. The summed E-state index contributed by atoms with van der Waals surface area (Å²) in [7, 11) is 0. The van der Waals surface area contributed by atoms with Crippen molar-refractivity contribution >= 4 is 5.52 Å². The van der Waals surface area contributed by atoms with Gasteiger partial charge in [-0.25, -0.2) is 4.98 Å². The quantitative estimate of drug-likeness (QED) is 0.778. The van der Waals surface area contributed by atoms with E-state index < -0.39 is 0 Å². The van der Waals surface area contributed by atoms with Gasteiger partial charge in [0.1, 0.15) is 0 Å². The van der Waals surface area contributed by atoms with Gasteiger partial charge in [-0.05, 0) is 31.9 Å². The number of aryl methyl sites for hydroxylation is 1. The summed E-state index contributed by atoms with van der Waals surface area (Å²) in [6.07, 6.45) is 4.85. The van der Waals surface area contributed by atoms with Crippen LogP contribution in [0.5, 0.6) is 0 Å². The van der Waals surface area contributed by atoms with Gasteiger partial charge in [0, 0.05) is 12.2 Å². The lowest BCUT2D eigenvalue weighted by atomic mass is 10.1. The maximum absolute atomic E-state index is 5.75. The highest BCUT2D eigenvalue weighted by Gasteiger charge is 2.01. The van der Waals surface area contributed by atoms with E-state index in [1.807, 2.05) is 24.6 Å². The van der Waals surface area contributed by atoms with Gasteiger partial charge in [0.05, 0.1) is 17.5 Å². The molecule has 0 aliphatic heterocycles. The largest absolute Gasteiger partial charge is 0.328 e. The van der Waals surface area contributed by atoms with Gasteiger partial charge in [0.2, 0.25) is 0 Å². The van der Waals surface area contributed by atoms with Crippen LogP contribution >= 0.6 is 0 Å². The molecule has 74 valence electrons. The third-order valence-corrected chi connectivity index (χ3v) is 2.34. The summed E-state index contributed by atoms with van der Waals surface area (Å²) >= 11 is 0. The summed E-state index contributed by atoms with van der Waals surface area (Å²) in [5.74, 6) is 0. The number of hydrogen-bond donors (Lipinski definition) is 1. The predicted octanol–water partition coefficient (Wildman–Crippen LogP) is 1.53. The van der Waals surface area contributed by atoms with E-state index in [-0.39, 0.29) is 6.04 Å². The first-order chi connectivity index (χ1) is 6.66. The number of rotatable bonds is 2. The van der Waals surface area contributed by atoms with E-state index >= 15 is 0 Å². The van der Waals surface area contributed by atoms with Crippen molar-refractivity contribution in [2.24, 2.45) is 5.73 Å². The fourth-order valence-electron chi connectivity index (χ4n) is 1.67. The summed E-state index contributed by atoms with van der Waals surface area (Å²) in [6, 6.07) is 4.42. The molecule has 2 aromatic rings. The minimum absolute atomic E-state index is 0.206. The van der Waals surface area contributed by atoms with Crippen molar-refractivity contribution in [2.45, 2.75) is 26.3 Å². The van der Waals surface area contributed by atoms with Crippen LogP contribution in [-0.2, 0) is 6.42 Å². The first-order valence-electron chi connectivity index (χ1n) is 4.84. The topological polar surface area (TPSA) is 43.3 Å². The molecule has 0 spiro atoms. The minimum atomic E-state index is 0.206. The zero-order valence-electron chi connectivity index (χ0n) is 8.57. The smallest absolute Gasteiger partial charge is 0.0995 e. The van der Waals surface area contributed by atoms with E-state index in [4.69, 9.17) is 5.73 Å². The number of pyridine rings is 1. The Hall–Kier alpha value is -1.35. The number of nitrogens with zero attached hydrogens (tertiary/aromatic N) is 2. The van der Waals surface area contributed by atoms with Gasteiger partial charge in [0.15, 0.2) is 0 Å². The lowest BCUT2D eigenvalue weighted by Crippen LogP contribution is -2.17. The Morgan fingerprint density at radius 1 is 1.50 bits per heavy atom. The van der Waals surface area contributed by atoms with E-state index in [0.717, 1.165) is 12.1 Å². The molecule has 0 bridgehead atoms. The highest BCUT2D eigenvalue weighted by atomic mass is 15.0. The maximum atomic E-state index is 5.75. The zero-order chi connectivity index (χ0) is 10.1. The number of nitrogens with two attached hydrogens (primary N) is 1. The summed E-state index contributed by atoms with van der Waals surface area (Å²) in [6.45, 7) is 4.03. The van der Waals surface area contributed by atoms with Crippen LogP contribution in [0.2, 0.25) is 0 Å². The summed E-state index contributed by atoms with van der Waals surface area (Å²) < 4.78 is 2.05. The van der Waals surface area contributed by atoms with Crippen LogP contribution in [0.4, 0.5) is 0 Å². The molecule has 2 aromatic heterocycles. The van der Waals surface area contributed by atoms with Crippen LogP contribution in [0.1, 0.15) is 18.2 Å². The maximum Gasteiger partial charge on any atom is 0.0995 e. The van der Waals surface area contributed by atoms with E-state index in [9.17, 15) is 0 Å². The van der Waals surface area contributed by atoms with Crippen molar-refractivity contribution in [1.82, 2.24) is 9.38 Å². The van der Waals surface area contributed by atoms with E-state index in [2.05, 4.69) is 23.3 Å². The van der Waals surface area contributed by atoms with E-state index in [1.54, 1.807) is 0 Å². The summed E-state index contributed by atoms with van der Waals surface area (Å²) in [5.41, 5.74) is 9.24. The fraction of sp³-hybridized carbons (Fsp3) is 0.364. The van der Waals surface area contributed by atoms with Crippen LogP contribution in [0.3, 0.4) is 0 Å². The molecule has 0 radical (unpaired) electrons. The molecule has 2 N–H and O–H groups in total. The molecule has 14 heavy (non-hydrogen) atoms. The first-order valence-corrected chi connectivity index (χ1v) is 4.84. The van der Waals surface area contributed by atoms with Crippen LogP contribution < -0.4 is 5.73 Å². The second-order valence-corrected chi connectivity index (χ2v) is 3.84. The molecule has 1 atom stereocenters. The van der Waals surface area contributed by atoms with Crippen molar-refractivity contribution in [3.05, 3.63) is 35.9 Å². The zero-order valence-corrected chi connectivity index (χ0v) is 8.57. The molecule has 0 saturated carbocycles. The molecule has 0 saturated heterocycles. The predicted molar refractivity (Wildman–Crippen MR) is 57.3 cm³/mol. The summed E-state index contributed by atoms with van der Waals surface area (Å²) in [4.78, 5) is 4.25. The van der Waals surface area contributed by atoms with Crippen molar-refractivity contribution < 1.29 is 0 Å². The van der Waals surface area contributed by atoms with Crippen LogP contribution in [0.15, 0.2) is 24.7 Å². The monoisotopic (exact) mass is 189 g/mol. The third-order valence-electron chi connectivity index (χ3n) is 2.34. The molecule has 0 aliphatic carbocycles. The molecule has 1 unspecified atom stereocenters. The van der Waals surface area contributed by atoms with Crippen molar-refractivity contribution in [1.29, 1.82) is 0 Å². The average Bonchev–Trinajstić information content (AvgIpc) is 2.46. The van der Waals surface area contributed by atoms with Gasteiger partial charge in [0.25, 0.3) is 0 Å². The Balaban J connectivity index is 2.42. The molecular weight excluding hydrogens is 174 g/mol. The molecule has 3 nitrogen and oxygen atoms in total. The van der Waals surface area contributed by atoms with Gasteiger partial charge < -0.3 is 10.1 Å². The highest BCUT2D eigenvalue weighted by molar-refractivity contribution is 5.51. The Kier molecular flexibility index (Phi) is 2.25. The Labute approximate surface area is 83.6 Å². The molecule has 2 rings (SSSR count). The van der Waals surface area contributed by atoms with Gasteiger partial charge in [-0.3, -0.25) is 0 Å².